The SMILES string of the molecule is COc1nc(Nc2ccc(F)c(Cl)c2)c2cc(NC(=O)C=CCN3CCC(OC)CC3)c(C3CC3)cc2n1. The van der Waals surface area contributed by atoms with Crippen LogP contribution in [0.1, 0.15) is 37.2 Å². The molecule has 2 aromatic carbocycles. The summed E-state index contributed by atoms with van der Waals surface area (Å²) in [6, 6.07) is 8.42. The number of methoxy groups -OCH3 is 2. The number of hydrogen-bond donors (Lipinski definition) is 2. The fraction of sp³-hybridized carbons (Fsp3) is 0.393. The minimum Gasteiger partial charge on any atom is -0.467 e. The predicted octanol–water partition coefficient (Wildman–Crippen LogP) is 5.66. The molecule has 1 aliphatic heterocycles. The number of carbonyl (C=O) groups excluding carboxylic acids is 1. The molecule has 2 N–H and O–H groups in total. The highest BCUT2D eigenvalue weighted by atomic mass is 35.5. The average molecular weight is 540 g/mol. The average Bonchev–Trinajstić information content (AvgIpc) is 3.76. The molecule has 0 radical (unpaired) electrons. The van der Waals surface area contributed by atoms with E-state index in [1.54, 1.807) is 19.3 Å². The zero-order chi connectivity index (χ0) is 26.6. The summed E-state index contributed by atoms with van der Waals surface area (Å²) in [6.45, 7) is 2.64. The summed E-state index contributed by atoms with van der Waals surface area (Å²) in [4.78, 5) is 24.2. The zero-order valence-electron chi connectivity index (χ0n) is 21.5. The Morgan fingerprint density at radius 1 is 1.16 bits per heavy atom. The standard InChI is InChI=1S/C28H31ClFN5O3/c1-37-19-9-12-35(13-10-19)11-3-4-26(36)32-24-16-21-25(15-20(24)17-5-6-17)33-28(38-2)34-27(21)31-18-7-8-23(30)22(29)14-18/h3-4,7-8,14-17,19H,5-6,9-13H2,1-2H3,(H,32,36)(H,31,33,34). The van der Waals surface area contributed by atoms with E-state index in [0.717, 1.165) is 56.6 Å². The molecule has 3 aromatic rings. The van der Waals surface area contributed by atoms with Gasteiger partial charge >= 0.3 is 6.01 Å². The van der Waals surface area contributed by atoms with Gasteiger partial charge in [-0.1, -0.05) is 17.7 Å². The number of likely N-dealkylation sites (tertiary alicyclic amines) is 1. The first-order valence-corrected chi connectivity index (χ1v) is 13.2. The quantitative estimate of drug-likeness (QED) is 0.339. The van der Waals surface area contributed by atoms with Crippen molar-refractivity contribution in [2.75, 3.05) is 44.5 Å². The number of piperidine rings is 1. The number of fused-ring (bicyclic) bond motifs is 1. The topological polar surface area (TPSA) is 88.6 Å². The zero-order valence-corrected chi connectivity index (χ0v) is 22.2. The highest BCUT2D eigenvalue weighted by molar-refractivity contribution is 6.31. The third-order valence-electron chi connectivity index (χ3n) is 6.99. The first-order chi connectivity index (χ1) is 18.4. The highest BCUT2D eigenvalue weighted by Gasteiger charge is 2.28. The predicted molar refractivity (Wildman–Crippen MR) is 147 cm³/mol. The molecule has 2 aliphatic rings. The molecule has 5 rings (SSSR count). The number of benzene rings is 2. The number of hydrogen-bond acceptors (Lipinski definition) is 7. The Morgan fingerprint density at radius 3 is 2.63 bits per heavy atom. The van der Waals surface area contributed by atoms with Crippen LogP contribution in [-0.2, 0) is 9.53 Å². The van der Waals surface area contributed by atoms with Crippen LogP contribution in [0.2, 0.25) is 5.02 Å². The van der Waals surface area contributed by atoms with Gasteiger partial charge in [0.05, 0.1) is 23.8 Å². The number of aromatic nitrogens is 2. The molecule has 10 heteroatoms. The van der Waals surface area contributed by atoms with Crippen molar-refractivity contribution in [1.82, 2.24) is 14.9 Å². The summed E-state index contributed by atoms with van der Waals surface area (Å²) in [6.07, 6.45) is 7.95. The van der Waals surface area contributed by atoms with Gasteiger partial charge in [-0.3, -0.25) is 9.69 Å². The van der Waals surface area contributed by atoms with Crippen LogP contribution in [0.4, 0.5) is 21.6 Å². The molecule has 38 heavy (non-hydrogen) atoms. The van der Waals surface area contributed by atoms with Crippen molar-refractivity contribution in [3.63, 3.8) is 0 Å². The minimum absolute atomic E-state index is 0.000784. The summed E-state index contributed by atoms with van der Waals surface area (Å²) >= 11 is 5.97. The van der Waals surface area contributed by atoms with Gasteiger partial charge in [0.2, 0.25) is 5.91 Å². The first-order valence-electron chi connectivity index (χ1n) is 12.8. The van der Waals surface area contributed by atoms with E-state index < -0.39 is 5.82 Å². The smallest absolute Gasteiger partial charge is 0.318 e. The summed E-state index contributed by atoms with van der Waals surface area (Å²) in [7, 11) is 3.26. The lowest BCUT2D eigenvalue weighted by Gasteiger charge is -2.30. The van der Waals surface area contributed by atoms with Gasteiger partial charge in [-0.05, 0) is 67.5 Å². The molecule has 1 aliphatic carbocycles. The molecule has 0 atom stereocenters. The van der Waals surface area contributed by atoms with Crippen molar-refractivity contribution in [1.29, 1.82) is 0 Å². The van der Waals surface area contributed by atoms with Gasteiger partial charge in [0.1, 0.15) is 11.6 Å². The highest BCUT2D eigenvalue weighted by Crippen LogP contribution is 2.45. The fourth-order valence-corrected chi connectivity index (χ4v) is 4.90. The van der Waals surface area contributed by atoms with Gasteiger partial charge < -0.3 is 20.1 Å². The first kappa shape index (κ1) is 26.3. The lowest BCUT2D eigenvalue weighted by atomic mass is 10.0. The van der Waals surface area contributed by atoms with E-state index in [0.29, 0.717) is 34.4 Å². The van der Waals surface area contributed by atoms with Gasteiger partial charge in [0.25, 0.3) is 0 Å². The monoisotopic (exact) mass is 539 g/mol. The van der Waals surface area contributed by atoms with Crippen molar-refractivity contribution in [2.24, 2.45) is 0 Å². The van der Waals surface area contributed by atoms with Gasteiger partial charge in [-0.25, -0.2) is 4.39 Å². The number of anilines is 3. The second-order valence-corrected chi connectivity index (χ2v) is 10.1. The number of halogens is 2. The van der Waals surface area contributed by atoms with Gasteiger partial charge in [0.15, 0.2) is 0 Å². The van der Waals surface area contributed by atoms with Gasteiger partial charge in [-0.2, -0.15) is 9.97 Å². The van der Waals surface area contributed by atoms with E-state index in [9.17, 15) is 9.18 Å². The lowest BCUT2D eigenvalue weighted by molar-refractivity contribution is -0.111. The molecular weight excluding hydrogens is 509 g/mol. The van der Waals surface area contributed by atoms with Crippen LogP contribution in [0.5, 0.6) is 6.01 Å². The largest absolute Gasteiger partial charge is 0.467 e. The Labute approximate surface area is 226 Å². The number of ether oxygens (including phenoxy) is 2. The molecular formula is C28H31ClFN5O3. The molecule has 8 nitrogen and oxygen atoms in total. The second kappa shape index (κ2) is 11.6. The summed E-state index contributed by atoms with van der Waals surface area (Å²) < 4.78 is 24.4. The van der Waals surface area contributed by atoms with Crippen LogP contribution < -0.4 is 15.4 Å². The Bertz CT molecular complexity index is 1360. The molecule has 1 amide bonds. The number of rotatable bonds is 9. The Balaban J connectivity index is 1.38. The number of carbonyl (C=O) groups is 1. The van der Waals surface area contributed by atoms with Crippen molar-refractivity contribution in [3.05, 3.63) is 58.9 Å². The van der Waals surface area contributed by atoms with Crippen LogP contribution in [0.15, 0.2) is 42.5 Å². The normalized spacial score (nSPS) is 16.7. The van der Waals surface area contributed by atoms with Crippen molar-refractivity contribution in [3.8, 4) is 6.01 Å². The number of nitrogens with one attached hydrogen (secondary N) is 2. The lowest BCUT2D eigenvalue weighted by Crippen LogP contribution is -2.36. The summed E-state index contributed by atoms with van der Waals surface area (Å²) in [5.74, 6) is 0.137. The number of amides is 1. The third kappa shape index (κ3) is 6.23. The third-order valence-corrected chi connectivity index (χ3v) is 7.28. The summed E-state index contributed by atoms with van der Waals surface area (Å²) in [5, 5.41) is 6.94. The molecule has 200 valence electrons. The van der Waals surface area contributed by atoms with E-state index in [1.165, 1.54) is 19.2 Å². The maximum absolute atomic E-state index is 13.7. The maximum atomic E-state index is 13.7. The van der Waals surface area contributed by atoms with E-state index in [2.05, 4.69) is 25.5 Å². The van der Waals surface area contributed by atoms with Crippen LogP contribution in [0.3, 0.4) is 0 Å². The molecule has 1 aromatic heterocycles. The molecule has 2 heterocycles. The summed E-state index contributed by atoms with van der Waals surface area (Å²) in [5.41, 5.74) is 3.01. The Morgan fingerprint density at radius 2 is 1.95 bits per heavy atom. The van der Waals surface area contributed by atoms with Crippen molar-refractivity contribution >= 4 is 45.6 Å². The fourth-order valence-electron chi connectivity index (χ4n) is 4.72. The molecule has 1 saturated heterocycles. The minimum atomic E-state index is -0.506. The van der Waals surface area contributed by atoms with Crippen molar-refractivity contribution < 1.29 is 18.7 Å². The van der Waals surface area contributed by atoms with Crippen LogP contribution >= 0.6 is 11.6 Å². The van der Waals surface area contributed by atoms with Crippen LogP contribution in [-0.4, -0.2) is 60.7 Å². The second-order valence-electron chi connectivity index (χ2n) is 9.67. The Kier molecular flexibility index (Phi) is 8.06. The Hall–Kier alpha value is -3.27. The van der Waals surface area contributed by atoms with Crippen molar-refractivity contribution in [2.45, 2.75) is 37.7 Å². The molecule has 0 unspecified atom stereocenters. The molecule has 0 spiro atoms. The van der Waals surface area contributed by atoms with E-state index in [-0.39, 0.29) is 16.9 Å². The van der Waals surface area contributed by atoms with Crippen LogP contribution in [0.25, 0.3) is 10.9 Å². The van der Waals surface area contributed by atoms with Gasteiger partial charge in [0, 0.05) is 49.6 Å². The van der Waals surface area contributed by atoms with E-state index >= 15 is 0 Å². The van der Waals surface area contributed by atoms with E-state index in [4.69, 9.17) is 21.1 Å². The maximum Gasteiger partial charge on any atom is 0.318 e. The molecule has 1 saturated carbocycles. The molecule has 2 fully saturated rings. The molecule has 0 bridgehead atoms. The van der Waals surface area contributed by atoms with E-state index in [1.807, 2.05) is 18.2 Å². The number of nitrogens with zero attached hydrogens (tertiary/aromatic N) is 3. The van der Waals surface area contributed by atoms with Crippen LogP contribution in [0, 0.1) is 5.82 Å². The van der Waals surface area contributed by atoms with Gasteiger partial charge in [-0.15, -0.1) is 0 Å².